The van der Waals surface area contributed by atoms with Crippen molar-refractivity contribution >= 4 is 39.4 Å². The molecule has 0 unspecified atom stereocenters. The van der Waals surface area contributed by atoms with E-state index in [4.69, 9.17) is 9.47 Å². The summed E-state index contributed by atoms with van der Waals surface area (Å²) in [4.78, 5) is 42.0. The molecule has 11 heteroatoms. The minimum Gasteiger partial charge on any atom is -0.474 e. The Kier molecular flexibility index (Phi) is 7.70. The van der Waals surface area contributed by atoms with E-state index in [1.54, 1.807) is 23.3 Å². The van der Waals surface area contributed by atoms with Gasteiger partial charge in [-0.3, -0.25) is 4.79 Å². The van der Waals surface area contributed by atoms with Crippen LogP contribution in [0.4, 0.5) is 15.0 Å². The van der Waals surface area contributed by atoms with E-state index in [0.717, 1.165) is 60.5 Å². The average Bonchev–Trinajstić information content (AvgIpc) is 3.44. The number of rotatable bonds is 6. The van der Waals surface area contributed by atoms with E-state index >= 15 is 0 Å². The predicted molar refractivity (Wildman–Crippen MR) is 147 cm³/mol. The molecule has 0 bridgehead atoms. The minimum absolute atomic E-state index is 0.0146. The lowest BCUT2D eigenvalue weighted by atomic mass is 9.92. The van der Waals surface area contributed by atoms with E-state index in [1.165, 1.54) is 23.3 Å². The molecular formula is C28H34FN5O4S. The third kappa shape index (κ3) is 6.29. The monoisotopic (exact) mass is 555 g/mol. The Labute approximate surface area is 231 Å². The number of nitrogens with one attached hydrogen (secondary N) is 1. The molecule has 0 saturated heterocycles. The number of carbonyl (C=O) groups excluding carboxylic acids is 2. The van der Waals surface area contributed by atoms with Gasteiger partial charge in [0.25, 0.3) is 0 Å². The van der Waals surface area contributed by atoms with Crippen LogP contribution in [-0.4, -0.2) is 56.6 Å². The van der Waals surface area contributed by atoms with E-state index in [-0.39, 0.29) is 36.5 Å². The first-order chi connectivity index (χ1) is 18.6. The maximum atomic E-state index is 13.2. The van der Waals surface area contributed by atoms with Gasteiger partial charge in [0.05, 0.1) is 11.6 Å². The number of aromatic nitrogens is 3. The van der Waals surface area contributed by atoms with E-state index < -0.39 is 11.4 Å². The molecule has 0 aromatic carbocycles. The lowest BCUT2D eigenvalue weighted by Crippen LogP contribution is -2.43. The van der Waals surface area contributed by atoms with Crippen LogP contribution in [-0.2, 0) is 16.0 Å². The quantitative estimate of drug-likeness (QED) is 0.407. The number of carbonyl (C=O) groups is 2. The van der Waals surface area contributed by atoms with Crippen LogP contribution in [0.3, 0.4) is 0 Å². The summed E-state index contributed by atoms with van der Waals surface area (Å²) in [5, 5.41) is 3.67. The summed E-state index contributed by atoms with van der Waals surface area (Å²) in [6, 6.07) is 2.83. The molecule has 0 aliphatic heterocycles. The highest BCUT2D eigenvalue weighted by Gasteiger charge is 2.34. The van der Waals surface area contributed by atoms with E-state index in [2.05, 4.69) is 20.3 Å². The number of anilines is 1. The van der Waals surface area contributed by atoms with Crippen LogP contribution in [0.15, 0.2) is 24.7 Å². The number of aryl methyl sites for hydroxylation is 1. The highest BCUT2D eigenvalue weighted by atomic mass is 32.1. The number of hydrogen-bond acceptors (Lipinski definition) is 8. The van der Waals surface area contributed by atoms with Gasteiger partial charge in [0.1, 0.15) is 34.5 Å². The van der Waals surface area contributed by atoms with Crippen LogP contribution >= 0.6 is 11.3 Å². The smallest absolute Gasteiger partial charge is 0.410 e. The van der Waals surface area contributed by atoms with E-state index in [9.17, 15) is 14.0 Å². The minimum atomic E-state index is -0.527. The number of ether oxygens (including phenoxy) is 2. The summed E-state index contributed by atoms with van der Waals surface area (Å²) in [6.45, 7) is 5.60. The maximum absolute atomic E-state index is 13.2. The zero-order chi connectivity index (χ0) is 27.7. The predicted octanol–water partition coefficient (Wildman–Crippen LogP) is 5.84. The molecule has 2 amide bonds. The van der Waals surface area contributed by atoms with Gasteiger partial charge in [0, 0.05) is 24.4 Å². The summed E-state index contributed by atoms with van der Waals surface area (Å²) in [5.41, 5.74) is 0.576. The second-order valence-electron chi connectivity index (χ2n) is 11.3. The molecule has 9 nitrogen and oxygen atoms in total. The summed E-state index contributed by atoms with van der Waals surface area (Å²) in [5.74, 6) is 0.289. The maximum Gasteiger partial charge on any atom is 0.410 e. The molecule has 1 fully saturated rings. The van der Waals surface area contributed by atoms with Crippen molar-refractivity contribution in [2.45, 2.75) is 89.4 Å². The van der Waals surface area contributed by atoms with Gasteiger partial charge in [-0.1, -0.05) is 0 Å². The first kappa shape index (κ1) is 27.2. The van der Waals surface area contributed by atoms with Gasteiger partial charge in [-0.15, -0.1) is 11.3 Å². The summed E-state index contributed by atoms with van der Waals surface area (Å²) in [6.07, 6.45) is 7.55. The largest absolute Gasteiger partial charge is 0.474 e. The van der Waals surface area contributed by atoms with Crippen molar-refractivity contribution in [3.63, 3.8) is 0 Å². The van der Waals surface area contributed by atoms with Gasteiger partial charge < -0.3 is 19.7 Å². The van der Waals surface area contributed by atoms with Crippen LogP contribution in [0.1, 0.15) is 75.7 Å². The molecular weight excluding hydrogens is 521 g/mol. The molecule has 1 N–H and O–H groups in total. The van der Waals surface area contributed by atoms with Crippen LogP contribution in [0.25, 0.3) is 10.2 Å². The second-order valence-corrected chi connectivity index (χ2v) is 12.4. The third-order valence-electron chi connectivity index (χ3n) is 7.27. The SMILES string of the molecule is CN(C(=O)OC(C)(C)C)[C@H]1CC[C@H](Oc2ncnc3sc4c(c23)[C@@H](CC(=O)Nc2ccc(F)cn2)CC4)CC1. The summed E-state index contributed by atoms with van der Waals surface area (Å²) < 4.78 is 25.1. The van der Waals surface area contributed by atoms with Gasteiger partial charge in [-0.2, -0.15) is 0 Å². The molecule has 2 aliphatic rings. The lowest BCUT2D eigenvalue weighted by Gasteiger charge is -2.35. The lowest BCUT2D eigenvalue weighted by molar-refractivity contribution is -0.116. The van der Waals surface area contributed by atoms with Gasteiger partial charge in [-0.25, -0.2) is 24.1 Å². The zero-order valence-corrected chi connectivity index (χ0v) is 23.5. The highest BCUT2D eigenvalue weighted by Crippen LogP contribution is 2.47. The summed E-state index contributed by atoms with van der Waals surface area (Å²) in [7, 11) is 1.80. The molecule has 5 rings (SSSR count). The van der Waals surface area contributed by atoms with Crippen molar-refractivity contribution in [3.05, 3.63) is 40.9 Å². The van der Waals surface area contributed by atoms with Crippen molar-refractivity contribution in [1.29, 1.82) is 0 Å². The molecule has 2 aliphatic carbocycles. The zero-order valence-electron chi connectivity index (χ0n) is 22.7. The van der Waals surface area contributed by atoms with Crippen LogP contribution in [0.2, 0.25) is 0 Å². The molecule has 208 valence electrons. The van der Waals surface area contributed by atoms with Crippen LogP contribution in [0.5, 0.6) is 5.88 Å². The highest BCUT2D eigenvalue weighted by molar-refractivity contribution is 7.19. The first-order valence-corrected chi connectivity index (χ1v) is 14.2. The first-order valence-electron chi connectivity index (χ1n) is 13.4. The van der Waals surface area contributed by atoms with Crippen molar-refractivity contribution in [1.82, 2.24) is 19.9 Å². The van der Waals surface area contributed by atoms with Gasteiger partial charge in [0.15, 0.2) is 0 Å². The number of pyridine rings is 1. The van der Waals surface area contributed by atoms with Crippen LogP contribution in [0, 0.1) is 5.82 Å². The average molecular weight is 556 g/mol. The fraction of sp³-hybridized carbons (Fsp3) is 0.536. The van der Waals surface area contributed by atoms with Crippen molar-refractivity contribution in [2.24, 2.45) is 0 Å². The third-order valence-corrected chi connectivity index (χ3v) is 8.45. The van der Waals surface area contributed by atoms with Gasteiger partial charge >= 0.3 is 6.09 Å². The fourth-order valence-corrected chi connectivity index (χ4v) is 6.62. The molecule has 3 aromatic rings. The number of nitrogens with zero attached hydrogens (tertiary/aromatic N) is 4. The number of halogens is 1. The number of fused-ring (bicyclic) bond motifs is 3. The van der Waals surface area contributed by atoms with Crippen LogP contribution < -0.4 is 10.1 Å². The van der Waals surface area contributed by atoms with Crippen molar-refractivity contribution in [2.75, 3.05) is 12.4 Å². The molecule has 39 heavy (non-hydrogen) atoms. The second kappa shape index (κ2) is 11.0. The van der Waals surface area contributed by atoms with Crippen molar-refractivity contribution in [3.8, 4) is 5.88 Å². The Bertz CT molecular complexity index is 1350. The van der Waals surface area contributed by atoms with Gasteiger partial charge in [0.2, 0.25) is 11.8 Å². The summed E-state index contributed by atoms with van der Waals surface area (Å²) >= 11 is 1.64. The Hall–Kier alpha value is -3.34. The van der Waals surface area contributed by atoms with Gasteiger partial charge in [-0.05, 0) is 82.9 Å². The molecule has 3 heterocycles. The molecule has 1 saturated carbocycles. The number of thiophene rings is 1. The molecule has 0 radical (unpaired) electrons. The van der Waals surface area contributed by atoms with Crippen molar-refractivity contribution < 1.29 is 23.5 Å². The number of amides is 2. The van der Waals surface area contributed by atoms with E-state index in [0.29, 0.717) is 11.7 Å². The topological polar surface area (TPSA) is 107 Å². The standard InChI is InChI=1S/C28H34FN5O4S/c1-28(2,3)38-27(36)34(4)18-7-9-19(10-8-18)37-25-24-23-16(5-11-20(23)39-26(24)32-15-31-25)13-22(35)33-21-12-6-17(29)14-30-21/h6,12,14-16,18-19H,5,7-11,13H2,1-4H3,(H,30,33,35)/t16-,18-,19-/m1/s1. The Morgan fingerprint density at radius 1 is 1.13 bits per heavy atom. The normalized spacial score (nSPS) is 20.9. The Morgan fingerprint density at radius 3 is 2.59 bits per heavy atom. The molecule has 1 atom stereocenters. The molecule has 0 spiro atoms. The Morgan fingerprint density at radius 2 is 1.90 bits per heavy atom. The van der Waals surface area contributed by atoms with E-state index in [1.807, 2.05) is 20.8 Å². The molecule has 3 aromatic heterocycles. The number of hydrogen-bond donors (Lipinski definition) is 1. The Balaban J connectivity index is 1.25. The fourth-order valence-electron chi connectivity index (χ4n) is 5.39.